The van der Waals surface area contributed by atoms with Gasteiger partial charge in [0.15, 0.2) is 28.5 Å². The molecular weight excluding hydrogens is 396 g/mol. The summed E-state index contributed by atoms with van der Waals surface area (Å²) in [6.45, 7) is 0.196. The summed E-state index contributed by atoms with van der Waals surface area (Å²) in [6, 6.07) is 3.30. The molecule has 2 heterocycles. The predicted molar refractivity (Wildman–Crippen MR) is 110 cm³/mol. The Bertz CT molecular complexity index is 1040. The van der Waals surface area contributed by atoms with Crippen LogP contribution < -0.4 is 16.4 Å². The standard InChI is InChI=1S/C18H23ClN8O2/c1-27-17-13(25-26-27)16(21-8-9-6-7-10(19)15(29)14(9)28)23-18(24-17)22-12-5-3-2-4-11(12)20/h6-7,11-12,28-29H,2-5,8,20H2,1H3,(H2,21,22,23,24). The Balaban J connectivity index is 1.62. The Hall–Kier alpha value is -2.85. The summed E-state index contributed by atoms with van der Waals surface area (Å²) < 4.78 is 1.57. The van der Waals surface area contributed by atoms with Crippen LogP contribution in [0.1, 0.15) is 31.2 Å². The molecule has 2 aromatic heterocycles. The number of benzene rings is 1. The van der Waals surface area contributed by atoms with Gasteiger partial charge in [-0.3, -0.25) is 0 Å². The van der Waals surface area contributed by atoms with Crippen LogP contribution in [0.3, 0.4) is 0 Å². The van der Waals surface area contributed by atoms with Crippen LogP contribution in [0.2, 0.25) is 5.02 Å². The predicted octanol–water partition coefficient (Wildman–Crippen LogP) is 2.12. The third-order valence-electron chi connectivity index (χ3n) is 5.22. The number of anilines is 2. The number of halogens is 1. The average molecular weight is 419 g/mol. The van der Waals surface area contributed by atoms with Crippen molar-refractivity contribution in [2.45, 2.75) is 44.3 Å². The van der Waals surface area contributed by atoms with Crippen LogP contribution in [-0.4, -0.2) is 47.3 Å². The highest BCUT2D eigenvalue weighted by molar-refractivity contribution is 6.32. The van der Waals surface area contributed by atoms with E-state index in [2.05, 4.69) is 30.9 Å². The minimum Gasteiger partial charge on any atom is -0.504 e. The summed E-state index contributed by atoms with van der Waals surface area (Å²) in [5.41, 5.74) is 7.77. The lowest BCUT2D eigenvalue weighted by Gasteiger charge is -2.29. The maximum Gasteiger partial charge on any atom is 0.227 e. The average Bonchev–Trinajstić information content (AvgIpc) is 3.08. The molecule has 0 spiro atoms. The van der Waals surface area contributed by atoms with Crippen molar-refractivity contribution < 1.29 is 10.2 Å². The highest BCUT2D eigenvalue weighted by Gasteiger charge is 2.23. The van der Waals surface area contributed by atoms with Gasteiger partial charge in [-0.2, -0.15) is 9.97 Å². The molecule has 1 aromatic carbocycles. The Kier molecular flexibility index (Phi) is 5.29. The molecule has 29 heavy (non-hydrogen) atoms. The number of nitrogens with one attached hydrogen (secondary N) is 2. The third-order valence-corrected chi connectivity index (χ3v) is 5.52. The molecule has 154 valence electrons. The molecule has 1 saturated carbocycles. The Morgan fingerprint density at radius 2 is 2.00 bits per heavy atom. The Morgan fingerprint density at radius 3 is 2.79 bits per heavy atom. The SMILES string of the molecule is Cn1nnc2c(NCc3ccc(Cl)c(O)c3O)nc(NC3CCCCC3N)nc21. The minimum atomic E-state index is -0.355. The minimum absolute atomic E-state index is 0.0538. The van der Waals surface area contributed by atoms with Gasteiger partial charge in [0, 0.05) is 31.2 Å². The van der Waals surface area contributed by atoms with Crippen molar-refractivity contribution in [3.8, 4) is 11.5 Å². The molecule has 4 rings (SSSR count). The van der Waals surface area contributed by atoms with E-state index in [1.54, 1.807) is 17.8 Å². The molecule has 1 aliphatic carbocycles. The van der Waals surface area contributed by atoms with Gasteiger partial charge in [0.1, 0.15) is 0 Å². The number of nitrogens with zero attached hydrogens (tertiary/aromatic N) is 5. The van der Waals surface area contributed by atoms with E-state index in [0.29, 0.717) is 28.5 Å². The lowest BCUT2D eigenvalue weighted by atomic mass is 9.91. The first-order valence-electron chi connectivity index (χ1n) is 9.46. The van der Waals surface area contributed by atoms with Crippen molar-refractivity contribution in [1.82, 2.24) is 25.0 Å². The summed E-state index contributed by atoms with van der Waals surface area (Å²) >= 11 is 5.82. The third kappa shape index (κ3) is 3.85. The molecule has 1 fully saturated rings. The second kappa shape index (κ2) is 7.88. The molecule has 0 saturated heterocycles. The number of phenols is 2. The fraction of sp³-hybridized carbons (Fsp3) is 0.444. The van der Waals surface area contributed by atoms with Crippen LogP contribution in [0.4, 0.5) is 11.8 Å². The molecule has 0 radical (unpaired) electrons. The molecule has 10 nitrogen and oxygen atoms in total. The first-order valence-corrected chi connectivity index (χ1v) is 9.84. The topological polar surface area (TPSA) is 147 Å². The van der Waals surface area contributed by atoms with Crippen LogP contribution >= 0.6 is 11.6 Å². The molecule has 1 aliphatic rings. The van der Waals surface area contributed by atoms with Crippen LogP contribution in [0.5, 0.6) is 11.5 Å². The number of nitrogens with two attached hydrogens (primary N) is 1. The number of rotatable bonds is 5. The number of fused-ring (bicyclic) bond motifs is 1. The fourth-order valence-electron chi connectivity index (χ4n) is 3.53. The zero-order chi connectivity index (χ0) is 20.5. The van der Waals surface area contributed by atoms with Crippen LogP contribution in [0.25, 0.3) is 11.2 Å². The molecule has 2 atom stereocenters. The number of aromatic hydroxyl groups is 2. The number of hydrogen-bond acceptors (Lipinski definition) is 9. The van der Waals surface area contributed by atoms with Gasteiger partial charge in [-0.25, -0.2) is 4.68 Å². The van der Waals surface area contributed by atoms with Crippen molar-refractivity contribution in [3.05, 3.63) is 22.7 Å². The smallest absolute Gasteiger partial charge is 0.227 e. The molecule has 6 N–H and O–H groups in total. The van der Waals surface area contributed by atoms with Crippen molar-refractivity contribution in [2.24, 2.45) is 12.8 Å². The van der Waals surface area contributed by atoms with Crippen LogP contribution in [0, 0.1) is 0 Å². The first kappa shape index (κ1) is 19.5. The van der Waals surface area contributed by atoms with E-state index >= 15 is 0 Å². The summed E-state index contributed by atoms with van der Waals surface area (Å²) in [7, 11) is 1.76. The van der Waals surface area contributed by atoms with E-state index in [9.17, 15) is 10.2 Å². The van der Waals surface area contributed by atoms with Crippen molar-refractivity contribution in [3.63, 3.8) is 0 Å². The molecular formula is C18H23ClN8O2. The van der Waals surface area contributed by atoms with Gasteiger partial charge < -0.3 is 26.6 Å². The monoisotopic (exact) mass is 418 g/mol. The molecule has 0 aliphatic heterocycles. The van der Waals surface area contributed by atoms with Gasteiger partial charge in [-0.1, -0.05) is 35.7 Å². The Labute approximate surface area is 172 Å². The summed E-state index contributed by atoms with van der Waals surface area (Å²) in [5.74, 6) is 0.271. The van der Waals surface area contributed by atoms with E-state index in [1.165, 1.54) is 6.07 Å². The van der Waals surface area contributed by atoms with Gasteiger partial charge in [0.05, 0.1) is 5.02 Å². The van der Waals surface area contributed by atoms with E-state index in [-0.39, 0.29) is 35.2 Å². The Morgan fingerprint density at radius 1 is 1.21 bits per heavy atom. The van der Waals surface area contributed by atoms with Gasteiger partial charge in [0.2, 0.25) is 5.95 Å². The first-order chi connectivity index (χ1) is 13.9. The lowest BCUT2D eigenvalue weighted by molar-refractivity contribution is 0.400. The van der Waals surface area contributed by atoms with Crippen molar-refractivity contribution in [1.29, 1.82) is 0 Å². The molecule has 0 bridgehead atoms. The highest BCUT2D eigenvalue weighted by atomic mass is 35.5. The fourth-order valence-corrected chi connectivity index (χ4v) is 3.68. The summed E-state index contributed by atoms with van der Waals surface area (Å²) in [4.78, 5) is 9.09. The number of aromatic nitrogens is 5. The largest absolute Gasteiger partial charge is 0.504 e. The van der Waals surface area contributed by atoms with Gasteiger partial charge >= 0.3 is 0 Å². The van der Waals surface area contributed by atoms with Crippen molar-refractivity contribution in [2.75, 3.05) is 10.6 Å². The van der Waals surface area contributed by atoms with E-state index < -0.39 is 0 Å². The van der Waals surface area contributed by atoms with Gasteiger partial charge in [0.25, 0.3) is 0 Å². The van der Waals surface area contributed by atoms with Crippen molar-refractivity contribution >= 4 is 34.5 Å². The second-order valence-corrected chi connectivity index (χ2v) is 7.64. The molecule has 3 aromatic rings. The maximum atomic E-state index is 10.1. The number of aryl methyl sites for hydroxylation is 1. The zero-order valence-corrected chi connectivity index (χ0v) is 16.7. The van der Waals surface area contributed by atoms with E-state index in [1.807, 2.05) is 0 Å². The number of hydrogen-bond donors (Lipinski definition) is 5. The second-order valence-electron chi connectivity index (χ2n) is 7.24. The highest BCUT2D eigenvalue weighted by Crippen LogP contribution is 2.36. The van der Waals surface area contributed by atoms with E-state index in [4.69, 9.17) is 17.3 Å². The van der Waals surface area contributed by atoms with Gasteiger partial charge in [-0.05, 0) is 18.9 Å². The molecule has 0 amide bonds. The normalized spacial score (nSPS) is 19.4. The summed E-state index contributed by atoms with van der Waals surface area (Å²) in [6.07, 6.45) is 4.19. The molecule has 11 heteroatoms. The van der Waals surface area contributed by atoms with Crippen LogP contribution in [0.15, 0.2) is 12.1 Å². The lowest BCUT2D eigenvalue weighted by Crippen LogP contribution is -2.43. The number of phenolic OH excluding ortho intramolecular Hbond substituents is 2. The zero-order valence-electron chi connectivity index (χ0n) is 15.9. The van der Waals surface area contributed by atoms with Crippen LogP contribution in [-0.2, 0) is 13.6 Å². The molecule has 2 unspecified atom stereocenters. The maximum absolute atomic E-state index is 10.1. The quantitative estimate of drug-likeness (QED) is 0.393. The van der Waals surface area contributed by atoms with E-state index in [0.717, 1.165) is 25.7 Å². The van der Waals surface area contributed by atoms with Gasteiger partial charge in [-0.15, -0.1) is 5.10 Å². The summed E-state index contributed by atoms with van der Waals surface area (Å²) in [5, 5.41) is 34.7.